The summed E-state index contributed by atoms with van der Waals surface area (Å²) >= 11 is 6.06. The van der Waals surface area contributed by atoms with E-state index >= 15 is 0 Å². The molecule has 2 N–H and O–H groups in total. The van der Waals surface area contributed by atoms with E-state index in [2.05, 4.69) is 5.32 Å². The molecule has 1 aromatic carbocycles. The molecule has 6 nitrogen and oxygen atoms in total. The number of nitrogens with one attached hydrogen (secondary N) is 1. The summed E-state index contributed by atoms with van der Waals surface area (Å²) in [6.07, 6.45) is -0.633. The lowest BCUT2D eigenvalue weighted by Crippen LogP contribution is -2.35. The number of hydrogen-bond donors (Lipinski definition) is 2. The van der Waals surface area contributed by atoms with E-state index in [1.807, 2.05) is 0 Å². The summed E-state index contributed by atoms with van der Waals surface area (Å²) in [5.74, 6) is -1.80. The molecule has 0 aliphatic heterocycles. The van der Waals surface area contributed by atoms with Crippen molar-refractivity contribution in [3.63, 3.8) is 0 Å². The minimum absolute atomic E-state index is 0.0604. The molecule has 0 spiro atoms. The Labute approximate surface area is 149 Å². The molecule has 1 atom stereocenters. The Balaban J connectivity index is 2.35. The first-order valence-corrected chi connectivity index (χ1v) is 8.08. The van der Waals surface area contributed by atoms with Crippen molar-refractivity contribution in [1.29, 1.82) is 0 Å². The Bertz CT molecular complexity index is 826. The average molecular weight is 371 g/mol. The number of carboxylic acid groups (broad SMARTS) is 1. The second-order valence-electron chi connectivity index (χ2n) is 6.73. The second-order valence-corrected chi connectivity index (χ2v) is 7.14. The molecule has 0 bridgehead atoms. The molecular formula is C17H20ClFN2O4. The van der Waals surface area contributed by atoms with Gasteiger partial charge >= 0.3 is 12.1 Å². The monoisotopic (exact) mass is 370 g/mol. The van der Waals surface area contributed by atoms with E-state index in [-0.39, 0.29) is 22.8 Å². The Kier molecular flexibility index (Phi) is 5.27. The topological polar surface area (TPSA) is 80.6 Å². The van der Waals surface area contributed by atoms with Crippen molar-refractivity contribution in [2.75, 3.05) is 6.54 Å². The molecule has 0 unspecified atom stereocenters. The van der Waals surface area contributed by atoms with Crippen LogP contribution < -0.4 is 5.32 Å². The maximum absolute atomic E-state index is 14.3. The Morgan fingerprint density at radius 3 is 2.60 bits per heavy atom. The summed E-state index contributed by atoms with van der Waals surface area (Å²) in [6, 6.07) is 3.34. The maximum atomic E-state index is 14.3. The lowest BCUT2D eigenvalue weighted by atomic mass is 10.2. The molecule has 2 rings (SSSR count). The number of hydrogen-bond acceptors (Lipinski definition) is 3. The molecular weight excluding hydrogens is 351 g/mol. The number of aromatic nitrogens is 1. The van der Waals surface area contributed by atoms with Crippen LogP contribution in [0.25, 0.3) is 10.9 Å². The minimum Gasteiger partial charge on any atom is -0.477 e. The van der Waals surface area contributed by atoms with Gasteiger partial charge in [0.1, 0.15) is 17.1 Å². The fraction of sp³-hybridized carbons (Fsp3) is 0.412. The van der Waals surface area contributed by atoms with Crippen LogP contribution in [0.2, 0.25) is 5.02 Å². The highest BCUT2D eigenvalue weighted by molar-refractivity contribution is 6.35. The number of nitrogens with zero attached hydrogens (tertiary/aromatic N) is 1. The van der Waals surface area contributed by atoms with E-state index < -0.39 is 29.5 Å². The third-order valence-corrected chi connectivity index (χ3v) is 3.83. The number of amides is 1. The molecule has 0 saturated heterocycles. The highest BCUT2D eigenvalue weighted by atomic mass is 35.5. The van der Waals surface area contributed by atoms with E-state index in [0.29, 0.717) is 5.39 Å². The van der Waals surface area contributed by atoms with Crippen molar-refractivity contribution < 1.29 is 23.8 Å². The highest BCUT2D eigenvalue weighted by Gasteiger charge is 2.23. The van der Waals surface area contributed by atoms with Gasteiger partial charge in [0, 0.05) is 18.0 Å². The first-order valence-electron chi connectivity index (χ1n) is 7.70. The molecule has 2 aromatic rings. The van der Waals surface area contributed by atoms with Crippen LogP contribution in [0.15, 0.2) is 18.2 Å². The van der Waals surface area contributed by atoms with Gasteiger partial charge < -0.3 is 19.7 Å². The number of alkyl carbamates (subject to hydrolysis) is 1. The van der Waals surface area contributed by atoms with Crippen LogP contribution in [0.5, 0.6) is 0 Å². The zero-order chi connectivity index (χ0) is 18.9. The third kappa shape index (κ3) is 4.22. The van der Waals surface area contributed by atoms with Gasteiger partial charge in [0.25, 0.3) is 0 Å². The van der Waals surface area contributed by atoms with Gasteiger partial charge in [-0.05, 0) is 45.9 Å². The van der Waals surface area contributed by atoms with Crippen LogP contribution in [0.1, 0.15) is 44.2 Å². The average Bonchev–Trinajstić information content (AvgIpc) is 2.89. The highest BCUT2D eigenvalue weighted by Crippen LogP contribution is 2.31. The van der Waals surface area contributed by atoms with Gasteiger partial charge in [0.2, 0.25) is 0 Å². The second kappa shape index (κ2) is 6.92. The van der Waals surface area contributed by atoms with Crippen molar-refractivity contribution in [2.24, 2.45) is 0 Å². The SMILES string of the molecule is C[C@H](CNC(=O)OC(C)(C)C)n1c(C(=O)O)cc2c(Cl)ccc(F)c21. The molecule has 1 amide bonds. The summed E-state index contributed by atoms with van der Waals surface area (Å²) in [5, 5.41) is 12.6. The minimum atomic E-state index is -1.21. The van der Waals surface area contributed by atoms with Gasteiger partial charge in [-0.25, -0.2) is 14.0 Å². The predicted molar refractivity (Wildman–Crippen MR) is 92.8 cm³/mol. The number of halogens is 2. The van der Waals surface area contributed by atoms with Gasteiger partial charge in [0.15, 0.2) is 0 Å². The molecule has 25 heavy (non-hydrogen) atoms. The van der Waals surface area contributed by atoms with Crippen LogP contribution in [-0.2, 0) is 4.74 Å². The molecule has 1 heterocycles. The lowest BCUT2D eigenvalue weighted by Gasteiger charge is -2.22. The number of fused-ring (bicyclic) bond motifs is 1. The van der Waals surface area contributed by atoms with Gasteiger partial charge in [-0.2, -0.15) is 0 Å². The summed E-state index contributed by atoms with van der Waals surface area (Å²) in [5.41, 5.74) is -0.678. The number of carboxylic acids is 1. The van der Waals surface area contributed by atoms with Crippen LogP contribution in [0.3, 0.4) is 0 Å². The quantitative estimate of drug-likeness (QED) is 0.844. The third-order valence-electron chi connectivity index (χ3n) is 3.50. The van der Waals surface area contributed by atoms with E-state index in [9.17, 15) is 19.1 Å². The van der Waals surface area contributed by atoms with Crippen molar-refractivity contribution in [3.8, 4) is 0 Å². The van der Waals surface area contributed by atoms with Crippen LogP contribution in [-0.4, -0.2) is 33.9 Å². The number of aromatic carboxylic acids is 1. The fourth-order valence-corrected chi connectivity index (χ4v) is 2.73. The zero-order valence-electron chi connectivity index (χ0n) is 14.4. The Morgan fingerprint density at radius 2 is 2.04 bits per heavy atom. The van der Waals surface area contributed by atoms with E-state index in [4.69, 9.17) is 16.3 Å². The lowest BCUT2D eigenvalue weighted by molar-refractivity contribution is 0.0521. The molecule has 0 saturated carbocycles. The van der Waals surface area contributed by atoms with Crippen LogP contribution >= 0.6 is 11.6 Å². The maximum Gasteiger partial charge on any atom is 0.407 e. The Hall–Kier alpha value is -2.28. The van der Waals surface area contributed by atoms with Gasteiger partial charge in [-0.1, -0.05) is 11.6 Å². The molecule has 0 aliphatic rings. The van der Waals surface area contributed by atoms with Crippen LogP contribution in [0, 0.1) is 5.82 Å². The van der Waals surface area contributed by atoms with Crippen molar-refractivity contribution in [2.45, 2.75) is 39.3 Å². The Morgan fingerprint density at radius 1 is 1.40 bits per heavy atom. The standard InChI is InChI=1S/C17H20ClFN2O4/c1-9(8-20-16(24)25-17(2,3)4)21-13(15(22)23)7-10-11(18)5-6-12(19)14(10)21/h5-7,9H,8H2,1-4H3,(H,20,24)(H,22,23)/t9-/m1/s1. The molecule has 136 valence electrons. The largest absolute Gasteiger partial charge is 0.477 e. The normalized spacial score (nSPS) is 12.9. The molecule has 8 heteroatoms. The number of benzene rings is 1. The van der Waals surface area contributed by atoms with Crippen molar-refractivity contribution in [1.82, 2.24) is 9.88 Å². The van der Waals surface area contributed by atoms with Gasteiger partial charge in [-0.3, -0.25) is 0 Å². The summed E-state index contributed by atoms with van der Waals surface area (Å²) in [6.45, 7) is 6.93. The van der Waals surface area contributed by atoms with Crippen molar-refractivity contribution >= 4 is 34.6 Å². The smallest absolute Gasteiger partial charge is 0.407 e. The summed E-state index contributed by atoms with van der Waals surface area (Å²) in [7, 11) is 0. The van der Waals surface area contributed by atoms with Gasteiger partial charge in [0.05, 0.1) is 10.5 Å². The first kappa shape index (κ1) is 19.1. The molecule has 0 radical (unpaired) electrons. The number of ether oxygens (including phenoxy) is 1. The van der Waals surface area contributed by atoms with Gasteiger partial charge in [-0.15, -0.1) is 0 Å². The first-order chi connectivity index (χ1) is 11.5. The summed E-state index contributed by atoms with van der Waals surface area (Å²) in [4.78, 5) is 23.3. The van der Waals surface area contributed by atoms with Crippen molar-refractivity contribution in [3.05, 3.63) is 34.7 Å². The number of carbonyl (C=O) groups is 2. The molecule has 1 aromatic heterocycles. The zero-order valence-corrected chi connectivity index (χ0v) is 15.1. The fourth-order valence-electron chi connectivity index (χ4n) is 2.52. The van der Waals surface area contributed by atoms with E-state index in [1.54, 1.807) is 27.7 Å². The molecule has 0 aliphatic carbocycles. The van der Waals surface area contributed by atoms with E-state index in [1.165, 1.54) is 22.8 Å². The predicted octanol–water partition coefficient (Wildman–Crippen LogP) is 4.22. The summed E-state index contributed by atoms with van der Waals surface area (Å²) < 4.78 is 20.8. The number of rotatable bonds is 4. The van der Waals surface area contributed by atoms with E-state index in [0.717, 1.165) is 0 Å². The molecule has 0 fully saturated rings. The number of carbonyl (C=O) groups excluding carboxylic acids is 1. The van der Waals surface area contributed by atoms with Crippen LogP contribution in [0.4, 0.5) is 9.18 Å².